The number of aromatic nitrogens is 3. The Kier molecular flexibility index (Phi) is 6.88. The Morgan fingerprint density at radius 3 is 2.71 bits per heavy atom. The van der Waals surface area contributed by atoms with Gasteiger partial charge in [-0.3, -0.25) is 28.9 Å². The number of carbonyl (C=O) groups is 2. The average Bonchev–Trinajstić information content (AvgIpc) is 3.11. The van der Waals surface area contributed by atoms with Crippen LogP contribution in [-0.4, -0.2) is 44.3 Å². The van der Waals surface area contributed by atoms with Gasteiger partial charge in [-0.05, 0) is 25.5 Å². The summed E-state index contributed by atoms with van der Waals surface area (Å²) in [7, 11) is 0. The van der Waals surface area contributed by atoms with Crippen molar-refractivity contribution in [1.29, 1.82) is 0 Å². The lowest BCUT2D eigenvalue weighted by atomic mass is 10.1. The molecule has 0 saturated carbocycles. The molecule has 1 saturated heterocycles. The van der Waals surface area contributed by atoms with Crippen LogP contribution in [-0.2, 0) is 22.7 Å². The van der Waals surface area contributed by atoms with Gasteiger partial charge >= 0.3 is 5.69 Å². The molecule has 2 aromatic rings. The number of pyridine rings is 1. The highest BCUT2D eigenvalue weighted by Gasteiger charge is 2.38. The molecule has 0 spiro atoms. The minimum Gasteiger partial charge on any atom is -0.383 e. The number of carbonyl (C=O) groups excluding carboxylic acids is 2. The van der Waals surface area contributed by atoms with Crippen LogP contribution in [0.1, 0.15) is 38.8 Å². The number of nitrogens with zero attached hydrogens (tertiary/aromatic N) is 4. The first kappa shape index (κ1) is 22.3. The smallest absolute Gasteiger partial charge is 0.330 e. The number of anilines is 2. The Balaban J connectivity index is 1.85. The average molecular weight is 428 g/mol. The quantitative estimate of drug-likeness (QED) is 0.636. The van der Waals surface area contributed by atoms with Crippen LogP contribution in [0.3, 0.4) is 0 Å². The predicted octanol–water partition coefficient (Wildman–Crippen LogP) is 0.716. The second-order valence-corrected chi connectivity index (χ2v) is 7.58. The summed E-state index contributed by atoms with van der Waals surface area (Å²) in [4.78, 5) is 59.8. The van der Waals surface area contributed by atoms with E-state index in [1.165, 1.54) is 9.47 Å². The number of unbranched alkanes of at least 4 members (excludes halogenated alkanes) is 1. The number of hydrogen-bond acceptors (Lipinski definition) is 6. The van der Waals surface area contributed by atoms with Crippen LogP contribution in [0.4, 0.5) is 11.5 Å². The maximum atomic E-state index is 13.3. The molecule has 2 amide bonds. The number of nitrogens with two attached hydrogens (primary N) is 1. The standard InChI is InChI=1S/C21H28N6O4/c1-3-5-10-27-18(22)17(19(29)24-21(27)31)26(4-2)20(30)14-11-16(28)25(12-14)13-15-8-6-7-9-23-15/h6-9,14H,3-5,10-13,22H2,1-2H3,(H,24,29,31). The minimum absolute atomic E-state index is 0.0351. The zero-order valence-corrected chi connectivity index (χ0v) is 17.8. The zero-order valence-electron chi connectivity index (χ0n) is 17.8. The largest absolute Gasteiger partial charge is 0.383 e. The van der Waals surface area contributed by atoms with Gasteiger partial charge in [-0.1, -0.05) is 19.4 Å². The first-order valence-corrected chi connectivity index (χ1v) is 10.5. The van der Waals surface area contributed by atoms with Crippen molar-refractivity contribution in [2.75, 3.05) is 23.7 Å². The minimum atomic E-state index is -0.708. The molecule has 31 heavy (non-hydrogen) atoms. The summed E-state index contributed by atoms with van der Waals surface area (Å²) in [6.45, 7) is 4.78. The van der Waals surface area contributed by atoms with Gasteiger partial charge in [0.2, 0.25) is 11.8 Å². The molecule has 0 aliphatic carbocycles. The number of H-pyrrole nitrogens is 1. The van der Waals surface area contributed by atoms with E-state index in [4.69, 9.17) is 5.73 Å². The van der Waals surface area contributed by atoms with Gasteiger partial charge in [-0.2, -0.15) is 0 Å². The normalized spacial score (nSPS) is 16.0. The van der Waals surface area contributed by atoms with Crippen molar-refractivity contribution in [3.63, 3.8) is 0 Å². The molecule has 3 heterocycles. The fraction of sp³-hybridized carbons (Fsp3) is 0.476. The molecule has 1 aliphatic heterocycles. The Morgan fingerprint density at radius 1 is 1.29 bits per heavy atom. The zero-order chi connectivity index (χ0) is 22.5. The third-order valence-corrected chi connectivity index (χ3v) is 5.44. The van der Waals surface area contributed by atoms with Crippen molar-refractivity contribution in [2.24, 2.45) is 5.92 Å². The summed E-state index contributed by atoms with van der Waals surface area (Å²) in [5, 5.41) is 0. The molecule has 3 N–H and O–H groups in total. The molecule has 10 nitrogen and oxygen atoms in total. The van der Waals surface area contributed by atoms with Crippen LogP contribution in [0.25, 0.3) is 0 Å². The Hall–Kier alpha value is -3.43. The van der Waals surface area contributed by atoms with Crippen LogP contribution in [0.5, 0.6) is 0 Å². The van der Waals surface area contributed by atoms with Gasteiger partial charge in [-0.25, -0.2) is 4.79 Å². The van der Waals surface area contributed by atoms with E-state index in [9.17, 15) is 19.2 Å². The second kappa shape index (κ2) is 9.59. The number of nitrogens with one attached hydrogen (secondary N) is 1. The van der Waals surface area contributed by atoms with Gasteiger partial charge in [0.05, 0.1) is 18.2 Å². The van der Waals surface area contributed by atoms with E-state index >= 15 is 0 Å². The number of amides is 2. The van der Waals surface area contributed by atoms with E-state index in [1.54, 1.807) is 24.1 Å². The molecule has 2 aromatic heterocycles. The predicted molar refractivity (Wildman–Crippen MR) is 116 cm³/mol. The fourth-order valence-corrected chi connectivity index (χ4v) is 3.80. The summed E-state index contributed by atoms with van der Waals surface area (Å²) in [5.41, 5.74) is 5.55. The molecule has 0 radical (unpaired) electrons. The third-order valence-electron chi connectivity index (χ3n) is 5.44. The van der Waals surface area contributed by atoms with Crippen molar-refractivity contribution >= 4 is 23.3 Å². The van der Waals surface area contributed by atoms with Gasteiger partial charge in [0.1, 0.15) is 5.82 Å². The van der Waals surface area contributed by atoms with Crippen molar-refractivity contribution in [3.8, 4) is 0 Å². The SMILES string of the molecule is CCCCn1c(N)c(N(CC)C(=O)C2CC(=O)N(Cc3ccccn3)C2)c(=O)[nH]c1=O. The third kappa shape index (κ3) is 4.68. The van der Waals surface area contributed by atoms with Gasteiger partial charge in [0.15, 0.2) is 5.69 Å². The molecule has 0 bridgehead atoms. The molecule has 166 valence electrons. The molecule has 10 heteroatoms. The lowest BCUT2D eigenvalue weighted by molar-refractivity contribution is -0.129. The molecule has 1 fully saturated rings. The fourth-order valence-electron chi connectivity index (χ4n) is 3.80. The summed E-state index contributed by atoms with van der Waals surface area (Å²) in [6, 6.07) is 5.45. The Morgan fingerprint density at radius 2 is 2.06 bits per heavy atom. The van der Waals surface area contributed by atoms with E-state index in [2.05, 4.69) is 9.97 Å². The van der Waals surface area contributed by atoms with Crippen molar-refractivity contribution in [2.45, 2.75) is 46.2 Å². The highest BCUT2D eigenvalue weighted by Crippen LogP contribution is 2.25. The van der Waals surface area contributed by atoms with Gasteiger partial charge < -0.3 is 15.5 Å². The Bertz CT molecular complexity index is 1060. The number of hydrogen-bond donors (Lipinski definition) is 2. The summed E-state index contributed by atoms with van der Waals surface area (Å²) in [5.74, 6) is -1.15. The van der Waals surface area contributed by atoms with E-state index in [0.29, 0.717) is 19.5 Å². The van der Waals surface area contributed by atoms with Crippen LogP contribution in [0, 0.1) is 5.92 Å². The summed E-state index contributed by atoms with van der Waals surface area (Å²) < 4.78 is 1.28. The maximum Gasteiger partial charge on any atom is 0.330 e. The van der Waals surface area contributed by atoms with E-state index in [0.717, 1.165) is 12.1 Å². The number of rotatable bonds is 8. The monoisotopic (exact) mass is 428 g/mol. The van der Waals surface area contributed by atoms with Gasteiger partial charge in [-0.15, -0.1) is 0 Å². The van der Waals surface area contributed by atoms with Crippen molar-refractivity contribution in [1.82, 2.24) is 19.4 Å². The molecule has 1 atom stereocenters. The summed E-state index contributed by atoms with van der Waals surface area (Å²) >= 11 is 0. The van der Waals surface area contributed by atoms with E-state index in [1.807, 2.05) is 19.1 Å². The first-order valence-electron chi connectivity index (χ1n) is 10.5. The second-order valence-electron chi connectivity index (χ2n) is 7.58. The van der Waals surface area contributed by atoms with Crippen molar-refractivity contribution < 1.29 is 9.59 Å². The topological polar surface area (TPSA) is 134 Å². The summed E-state index contributed by atoms with van der Waals surface area (Å²) in [6.07, 6.45) is 3.25. The van der Waals surface area contributed by atoms with Crippen LogP contribution >= 0.6 is 0 Å². The molecular weight excluding hydrogens is 400 g/mol. The lowest BCUT2D eigenvalue weighted by Gasteiger charge is -2.25. The molecule has 0 aromatic carbocycles. The van der Waals surface area contributed by atoms with Crippen LogP contribution in [0.2, 0.25) is 0 Å². The maximum absolute atomic E-state index is 13.3. The highest BCUT2D eigenvalue weighted by molar-refractivity contribution is 6.00. The molecular formula is C21H28N6O4. The number of aromatic amines is 1. The Labute approximate surface area is 179 Å². The van der Waals surface area contributed by atoms with E-state index < -0.39 is 17.2 Å². The van der Waals surface area contributed by atoms with Crippen molar-refractivity contribution in [3.05, 3.63) is 50.9 Å². The first-order chi connectivity index (χ1) is 14.9. The highest BCUT2D eigenvalue weighted by atomic mass is 16.2. The van der Waals surface area contributed by atoms with E-state index in [-0.39, 0.29) is 42.8 Å². The van der Waals surface area contributed by atoms with Gasteiger partial charge in [0, 0.05) is 32.3 Å². The molecule has 1 aliphatic rings. The van der Waals surface area contributed by atoms with Crippen LogP contribution in [0.15, 0.2) is 34.0 Å². The number of nitrogen functional groups attached to an aromatic ring is 1. The number of likely N-dealkylation sites (tertiary alicyclic amines) is 1. The molecule has 1 unspecified atom stereocenters. The van der Waals surface area contributed by atoms with Crippen LogP contribution < -0.4 is 21.9 Å². The molecule has 3 rings (SSSR count). The lowest BCUT2D eigenvalue weighted by Crippen LogP contribution is -2.44. The van der Waals surface area contributed by atoms with Gasteiger partial charge in [0.25, 0.3) is 5.56 Å².